The van der Waals surface area contributed by atoms with Gasteiger partial charge in [-0.3, -0.25) is 0 Å². The molecule has 2 atom stereocenters. The van der Waals surface area contributed by atoms with Crippen molar-refractivity contribution in [2.75, 3.05) is 0 Å². The quantitative estimate of drug-likeness (QED) is 0.655. The molecule has 0 saturated heterocycles. The first-order chi connectivity index (χ1) is 7.77. The van der Waals surface area contributed by atoms with E-state index in [1.807, 2.05) is 0 Å². The van der Waals surface area contributed by atoms with Crippen molar-refractivity contribution in [2.24, 2.45) is 0 Å². The summed E-state index contributed by atoms with van der Waals surface area (Å²) >= 11 is 0. The highest BCUT2D eigenvalue weighted by Gasteiger charge is 2.49. The second-order valence-electron chi connectivity index (χ2n) is 3.93. The lowest BCUT2D eigenvalue weighted by atomic mass is 9.91. The summed E-state index contributed by atoms with van der Waals surface area (Å²) in [5.41, 5.74) is 1.89. The van der Waals surface area contributed by atoms with Crippen LogP contribution in [0.5, 0.6) is 11.5 Å². The highest BCUT2D eigenvalue weighted by molar-refractivity contribution is 5.59. The first-order valence-corrected chi connectivity index (χ1v) is 4.91. The van der Waals surface area contributed by atoms with Gasteiger partial charge < -0.3 is 19.4 Å². The smallest absolute Gasteiger partial charge is 0.181 e. The van der Waals surface area contributed by atoms with Gasteiger partial charge in [0.25, 0.3) is 0 Å². The molecular weight excluding hydrogens is 210 g/mol. The van der Waals surface area contributed by atoms with E-state index in [4.69, 9.17) is 9.15 Å². The topological polar surface area (TPSA) is 75.7 Å². The third kappa shape index (κ3) is 0.715. The van der Waals surface area contributed by atoms with Crippen molar-refractivity contribution in [1.29, 1.82) is 0 Å². The van der Waals surface area contributed by atoms with Crippen LogP contribution in [0.25, 0.3) is 0 Å². The zero-order valence-corrected chi connectivity index (χ0v) is 8.04. The van der Waals surface area contributed by atoms with Crippen molar-refractivity contribution in [3.63, 3.8) is 0 Å². The molecule has 0 amide bonds. The Morgan fingerprint density at radius 3 is 2.50 bits per heavy atom. The van der Waals surface area contributed by atoms with E-state index in [1.54, 1.807) is 0 Å². The summed E-state index contributed by atoms with van der Waals surface area (Å²) in [6, 6.07) is 2.91. The Labute approximate surface area is 89.9 Å². The van der Waals surface area contributed by atoms with Gasteiger partial charge in [0.2, 0.25) is 0 Å². The Morgan fingerprint density at radius 1 is 1.06 bits per heavy atom. The number of aromatic hydroxyl groups is 2. The van der Waals surface area contributed by atoms with Gasteiger partial charge in [-0.15, -0.1) is 0 Å². The largest absolute Gasteiger partial charge is 0.508 e. The first-order valence-electron chi connectivity index (χ1n) is 4.91. The molecule has 2 bridgehead atoms. The number of hydrogen-bond donors (Lipinski definition) is 2. The molecule has 80 valence electrons. The molecule has 0 aliphatic carbocycles. The summed E-state index contributed by atoms with van der Waals surface area (Å²) in [5.74, 6) is 0.856. The van der Waals surface area contributed by atoms with Crippen LogP contribution in [0.15, 0.2) is 22.9 Å². The van der Waals surface area contributed by atoms with Crippen molar-refractivity contribution >= 4 is 0 Å². The van der Waals surface area contributed by atoms with Gasteiger partial charge in [0.15, 0.2) is 12.2 Å². The Morgan fingerprint density at radius 2 is 1.75 bits per heavy atom. The fraction of sp³-hybridized carbons (Fsp3) is 0.182. The maximum atomic E-state index is 9.79. The number of aromatic nitrogens is 1. The number of benzene rings is 1. The summed E-state index contributed by atoms with van der Waals surface area (Å²) < 4.78 is 10.9. The second-order valence-corrected chi connectivity index (χ2v) is 3.93. The van der Waals surface area contributed by atoms with E-state index < -0.39 is 12.2 Å². The van der Waals surface area contributed by atoms with E-state index in [-0.39, 0.29) is 11.5 Å². The van der Waals surface area contributed by atoms with Gasteiger partial charge >= 0.3 is 0 Å². The number of rotatable bonds is 0. The molecular formula is C11H7NO4. The molecule has 5 heteroatoms. The van der Waals surface area contributed by atoms with Crippen LogP contribution in [0.3, 0.4) is 0 Å². The van der Waals surface area contributed by atoms with E-state index in [2.05, 4.69) is 4.98 Å². The Bertz CT molecular complexity index is 555. The van der Waals surface area contributed by atoms with E-state index in [1.165, 1.54) is 18.5 Å². The van der Waals surface area contributed by atoms with Crippen LogP contribution in [0.4, 0.5) is 0 Å². The minimum atomic E-state index is -0.440. The van der Waals surface area contributed by atoms with E-state index in [0.717, 1.165) is 0 Å². The molecule has 0 fully saturated rings. The molecule has 0 saturated carbocycles. The molecule has 1 aromatic heterocycles. The normalized spacial score (nSPS) is 24.5. The second kappa shape index (κ2) is 2.38. The number of nitrogens with zero attached hydrogens (tertiary/aromatic N) is 1. The number of ether oxygens (including phenoxy) is 1. The van der Waals surface area contributed by atoms with Crippen LogP contribution in [0, 0.1) is 0 Å². The summed E-state index contributed by atoms with van der Waals surface area (Å²) in [6.45, 7) is 0. The predicted molar refractivity (Wildman–Crippen MR) is 51.0 cm³/mol. The van der Waals surface area contributed by atoms with Gasteiger partial charge in [0.1, 0.15) is 29.4 Å². The monoisotopic (exact) mass is 217 g/mol. The van der Waals surface area contributed by atoms with Crippen molar-refractivity contribution in [3.8, 4) is 11.5 Å². The van der Waals surface area contributed by atoms with Crippen molar-refractivity contribution in [2.45, 2.75) is 12.2 Å². The minimum Gasteiger partial charge on any atom is -0.508 e. The summed E-state index contributed by atoms with van der Waals surface area (Å²) in [7, 11) is 0. The van der Waals surface area contributed by atoms with Crippen molar-refractivity contribution < 1.29 is 19.4 Å². The van der Waals surface area contributed by atoms with Crippen molar-refractivity contribution in [3.05, 3.63) is 41.1 Å². The zero-order chi connectivity index (χ0) is 10.9. The average Bonchev–Trinajstić information content (AvgIpc) is 2.91. The highest BCUT2D eigenvalue weighted by Crippen LogP contribution is 2.58. The van der Waals surface area contributed by atoms with Gasteiger partial charge in [0, 0.05) is 11.1 Å². The molecule has 0 spiro atoms. The summed E-state index contributed by atoms with van der Waals surface area (Å²) in [4.78, 5) is 4.06. The standard InChI is InChI=1S/C11H7NO4/c13-4-1-2-5(14)7-6(4)9-8-11(10(7)16-9)15-3-12-8/h1-3,9-10,13-14H. The molecule has 2 aliphatic heterocycles. The van der Waals surface area contributed by atoms with Gasteiger partial charge in [-0.2, -0.15) is 0 Å². The van der Waals surface area contributed by atoms with Crippen LogP contribution in [-0.2, 0) is 4.74 Å². The molecule has 2 unspecified atom stereocenters. The van der Waals surface area contributed by atoms with Gasteiger partial charge in [-0.25, -0.2) is 4.98 Å². The molecule has 3 heterocycles. The Hall–Kier alpha value is -2.01. The van der Waals surface area contributed by atoms with Crippen LogP contribution < -0.4 is 0 Å². The van der Waals surface area contributed by atoms with Gasteiger partial charge in [0.05, 0.1) is 0 Å². The molecule has 5 nitrogen and oxygen atoms in total. The third-order valence-corrected chi connectivity index (χ3v) is 3.15. The first kappa shape index (κ1) is 8.18. The van der Waals surface area contributed by atoms with Gasteiger partial charge in [-0.1, -0.05) is 0 Å². The molecule has 0 radical (unpaired) electrons. The third-order valence-electron chi connectivity index (χ3n) is 3.15. The minimum absolute atomic E-state index is 0.113. The predicted octanol–water partition coefficient (Wildman–Crippen LogP) is 1.61. The summed E-state index contributed by atoms with van der Waals surface area (Å²) in [5, 5.41) is 19.6. The SMILES string of the molecule is Oc1ccc(O)c2c1C1OC2c2ocnc21. The van der Waals surface area contributed by atoms with Crippen LogP contribution >= 0.6 is 0 Å². The number of fused-ring (bicyclic) bond motifs is 8. The molecule has 1 aromatic carbocycles. The maximum absolute atomic E-state index is 9.79. The molecule has 2 aliphatic rings. The van der Waals surface area contributed by atoms with Gasteiger partial charge in [-0.05, 0) is 12.1 Å². The highest BCUT2D eigenvalue weighted by atomic mass is 16.5. The lowest BCUT2D eigenvalue weighted by molar-refractivity contribution is 0.0725. The number of phenolic OH excluding ortho intramolecular Hbond substituents is 2. The fourth-order valence-corrected chi connectivity index (χ4v) is 2.49. The lowest BCUT2D eigenvalue weighted by Crippen LogP contribution is -2.02. The molecule has 2 N–H and O–H groups in total. The average molecular weight is 217 g/mol. The van der Waals surface area contributed by atoms with E-state index >= 15 is 0 Å². The maximum Gasteiger partial charge on any atom is 0.181 e. The van der Waals surface area contributed by atoms with Crippen molar-refractivity contribution in [1.82, 2.24) is 4.98 Å². The summed E-state index contributed by atoms with van der Waals surface area (Å²) in [6.07, 6.45) is 0.498. The molecule has 4 rings (SSSR count). The lowest BCUT2D eigenvalue weighted by Gasteiger charge is -2.12. The van der Waals surface area contributed by atoms with E-state index in [9.17, 15) is 10.2 Å². The van der Waals surface area contributed by atoms with Crippen LogP contribution in [0.2, 0.25) is 0 Å². The number of phenols is 2. The zero-order valence-electron chi connectivity index (χ0n) is 8.04. The van der Waals surface area contributed by atoms with Crippen LogP contribution in [0.1, 0.15) is 34.8 Å². The fourth-order valence-electron chi connectivity index (χ4n) is 2.49. The Balaban J connectivity index is 2.07. The van der Waals surface area contributed by atoms with Crippen LogP contribution in [-0.4, -0.2) is 15.2 Å². The molecule has 2 aromatic rings. The Kier molecular flexibility index (Phi) is 1.22. The van der Waals surface area contributed by atoms with E-state index in [0.29, 0.717) is 22.6 Å². The number of hydrogen-bond acceptors (Lipinski definition) is 5. The molecule has 16 heavy (non-hydrogen) atoms. The number of oxazole rings is 1.